The van der Waals surface area contributed by atoms with Crippen LogP contribution in [0, 0.1) is 5.82 Å². The van der Waals surface area contributed by atoms with Gasteiger partial charge in [-0.1, -0.05) is 42.5 Å². The second-order valence-corrected chi connectivity index (χ2v) is 5.99. The molecule has 2 aromatic carbocycles. The Balaban J connectivity index is 1.52. The van der Waals surface area contributed by atoms with E-state index in [0.717, 1.165) is 11.1 Å². The lowest BCUT2D eigenvalue weighted by molar-refractivity contribution is 0.240. The summed E-state index contributed by atoms with van der Waals surface area (Å²) in [6, 6.07) is 14.9. The summed E-state index contributed by atoms with van der Waals surface area (Å²) in [5.74, 6) is 0.250. The molecule has 1 heterocycles. The highest BCUT2D eigenvalue weighted by Crippen LogP contribution is 2.13. The number of amides is 2. The average Bonchev–Trinajstić information content (AvgIpc) is 2.97. The Kier molecular flexibility index (Phi) is 5.65. The molecular weight excluding hydrogens is 349 g/mol. The van der Waals surface area contributed by atoms with Crippen LogP contribution in [0.1, 0.15) is 5.56 Å². The molecule has 2 N–H and O–H groups in total. The first-order valence-corrected chi connectivity index (χ1v) is 8.50. The highest BCUT2D eigenvalue weighted by atomic mass is 19.1. The molecule has 7 nitrogen and oxygen atoms in total. The van der Waals surface area contributed by atoms with Gasteiger partial charge in [-0.15, -0.1) is 5.10 Å². The Morgan fingerprint density at radius 2 is 1.78 bits per heavy atom. The summed E-state index contributed by atoms with van der Waals surface area (Å²) in [6.45, 7) is 0.789. The summed E-state index contributed by atoms with van der Waals surface area (Å²) in [7, 11) is 1.66. The molecular formula is C19H20FN5O2. The first kappa shape index (κ1) is 18.4. The average molecular weight is 369 g/mol. The minimum atomic E-state index is -0.369. The van der Waals surface area contributed by atoms with Crippen LogP contribution in [-0.2, 0) is 20.1 Å². The second-order valence-electron chi connectivity index (χ2n) is 5.99. The van der Waals surface area contributed by atoms with E-state index in [4.69, 9.17) is 0 Å². The molecule has 0 aliphatic heterocycles. The Labute approximate surface area is 155 Å². The van der Waals surface area contributed by atoms with E-state index in [9.17, 15) is 14.0 Å². The van der Waals surface area contributed by atoms with Gasteiger partial charge in [0, 0.05) is 25.7 Å². The third kappa shape index (κ3) is 4.60. The van der Waals surface area contributed by atoms with Crippen LogP contribution in [0.4, 0.5) is 9.18 Å². The van der Waals surface area contributed by atoms with Gasteiger partial charge in [0.2, 0.25) is 0 Å². The van der Waals surface area contributed by atoms with Crippen molar-refractivity contribution in [2.45, 2.75) is 13.1 Å². The molecule has 0 fully saturated rings. The van der Waals surface area contributed by atoms with Gasteiger partial charge in [-0.2, -0.15) is 0 Å². The predicted octanol–water partition coefficient (Wildman–Crippen LogP) is 1.89. The van der Waals surface area contributed by atoms with Crippen LogP contribution < -0.4 is 16.3 Å². The van der Waals surface area contributed by atoms with Gasteiger partial charge in [-0.25, -0.2) is 18.7 Å². The summed E-state index contributed by atoms with van der Waals surface area (Å²) in [5.41, 5.74) is 1.39. The van der Waals surface area contributed by atoms with Crippen molar-refractivity contribution in [3.05, 3.63) is 76.5 Å². The Morgan fingerprint density at radius 1 is 1.07 bits per heavy atom. The fourth-order valence-electron chi connectivity index (χ4n) is 2.59. The van der Waals surface area contributed by atoms with Crippen LogP contribution in [0.15, 0.2) is 59.4 Å². The van der Waals surface area contributed by atoms with Crippen molar-refractivity contribution < 1.29 is 9.18 Å². The van der Waals surface area contributed by atoms with Crippen molar-refractivity contribution in [2.75, 3.05) is 6.54 Å². The van der Waals surface area contributed by atoms with Crippen molar-refractivity contribution in [1.29, 1.82) is 0 Å². The highest BCUT2D eigenvalue weighted by Gasteiger charge is 2.11. The van der Waals surface area contributed by atoms with Crippen molar-refractivity contribution in [2.24, 2.45) is 7.05 Å². The van der Waals surface area contributed by atoms with Crippen LogP contribution in [0.25, 0.3) is 11.4 Å². The van der Waals surface area contributed by atoms with Crippen molar-refractivity contribution in [3.63, 3.8) is 0 Å². The molecule has 0 aliphatic carbocycles. The number of halogens is 1. The molecule has 0 saturated carbocycles. The molecule has 3 rings (SSSR count). The molecule has 0 aliphatic rings. The lowest BCUT2D eigenvalue weighted by atomic mass is 10.2. The quantitative estimate of drug-likeness (QED) is 0.696. The molecule has 3 aromatic rings. The SMILES string of the molecule is Cn1c(-c2ccccc2)nn(CCNC(=O)NCc2ccc(F)cc2)c1=O. The van der Waals surface area contributed by atoms with Crippen LogP contribution in [-0.4, -0.2) is 26.9 Å². The van der Waals surface area contributed by atoms with E-state index in [1.165, 1.54) is 21.4 Å². The van der Waals surface area contributed by atoms with Crippen LogP contribution in [0.5, 0.6) is 0 Å². The molecule has 8 heteroatoms. The van der Waals surface area contributed by atoms with Crippen LogP contribution in [0.2, 0.25) is 0 Å². The van der Waals surface area contributed by atoms with Crippen LogP contribution in [0.3, 0.4) is 0 Å². The lowest BCUT2D eigenvalue weighted by Crippen LogP contribution is -2.38. The minimum absolute atomic E-state index is 0.248. The number of carbonyl (C=O) groups excluding carboxylic acids is 1. The standard InChI is InChI=1S/C19H20FN5O2/c1-24-17(15-5-3-2-4-6-15)23-25(19(24)27)12-11-21-18(26)22-13-14-7-9-16(20)10-8-14/h2-10H,11-13H2,1H3,(H2,21,22,26). The van der Waals surface area contributed by atoms with Gasteiger partial charge >= 0.3 is 11.7 Å². The van der Waals surface area contributed by atoms with E-state index in [1.807, 2.05) is 30.3 Å². The third-order valence-electron chi connectivity index (χ3n) is 4.05. The van der Waals surface area contributed by atoms with E-state index in [0.29, 0.717) is 5.82 Å². The van der Waals surface area contributed by atoms with Gasteiger partial charge in [0.25, 0.3) is 0 Å². The molecule has 1 aromatic heterocycles. The molecule has 27 heavy (non-hydrogen) atoms. The maximum atomic E-state index is 12.8. The smallest absolute Gasteiger partial charge is 0.336 e. The summed E-state index contributed by atoms with van der Waals surface area (Å²) >= 11 is 0. The normalized spacial score (nSPS) is 10.6. The molecule has 0 spiro atoms. The fourth-order valence-corrected chi connectivity index (χ4v) is 2.59. The van der Waals surface area contributed by atoms with E-state index in [-0.39, 0.29) is 37.2 Å². The Morgan fingerprint density at radius 3 is 2.48 bits per heavy atom. The molecule has 0 radical (unpaired) electrons. The largest absolute Gasteiger partial charge is 0.345 e. The number of hydrogen-bond donors (Lipinski definition) is 2. The van der Waals surface area contributed by atoms with Gasteiger partial charge in [0.1, 0.15) is 5.82 Å². The number of urea groups is 1. The minimum Gasteiger partial charge on any atom is -0.336 e. The summed E-state index contributed by atoms with van der Waals surface area (Å²) < 4.78 is 15.6. The number of carbonyl (C=O) groups is 1. The monoisotopic (exact) mass is 369 g/mol. The summed E-state index contributed by atoms with van der Waals surface area (Å²) in [6.07, 6.45) is 0. The number of benzene rings is 2. The van der Waals surface area contributed by atoms with Crippen molar-refractivity contribution >= 4 is 6.03 Å². The maximum absolute atomic E-state index is 12.8. The zero-order valence-electron chi connectivity index (χ0n) is 14.9. The molecule has 2 amide bonds. The van der Waals surface area contributed by atoms with Gasteiger partial charge < -0.3 is 10.6 Å². The van der Waals surface area contributed by atoms with E-state index in [1.54, 1.807) is 19.2 Å². The first-order chi connectivity index (χ1) is 13.0. The Bertz CT molecular complexity index is 964. The van der Waals surface area contributed by atoms with Crippen molar-refractivity contribution in [1.82, 2.24) is 25.0 Å². The first-order valence-electron chi connectivity index (χ1n) is 8.50. The van der Waals surface area contributed by atoms with Crippen LogP contribution >= 0.6 is 0 Å². The highest BCUT2D eigenvalue weighted by molar-refractivity contribution is 5.73. The number of rotatable bonds is 6. The number of nitrogens with one attached hydrogen (secondary N) is 2. The number of nitrogens with zero attached hydrogens (tertiary/aromatic N) is 3. The molecule has 0 saturated heterocycles. The molecule has 0 unspecified atom stereocenters. The van der Waals surface area contributed by atoms with E-state index < -0.39 is 0 Å². The molecule has 0 atom stereocenters. The zero-order valence-corrected chi connectivity index (χ0v) is 14.9. The predicted molar refractivity (Wildman–Crippen MR) is 99.5 cm³/mol. The molecule has 0 bridgehead atoms. The number of hydrogen-bond acceptors (Lipinski definition) is 3. The summed E-state index contributed by atoms with van der Waals surface area (Å²) in [5, 5.41) is 9.69. The van der Waals surface area contributed by atoms with Gasteiger partial charge in [0.15, 0.2) is 5.82 Å². The van der Waals surface area contributed by atoms with E-state index in [2.05, 4.69) is 15.7 Å². The van der Waals surface area contributed by atoms with Crippen molar-refractivity contribution in [3.8, 4) is 11.4 Å². The number of aromatic nitrogens is 3. The van der Waals surface area contributed by atoms with E-state index >= 15 is 0 Å². The lowest BCUT2D eigenvalue weighted by Gasteiger charge is -2.07. The van der Waals surface area contributed by atoms with Gasteiger partial charge in [-0.3, -0.25) is 4.57 Å². The third-order valence-corrected chi connectivity index (χ3v) is 4.05. The maximum Gasteiger partial charge on any atom is 0.345 e. The molecule has 140 valence electrons. The Hall–Kier alpha value is -3.42. The van der Waals surface area contributed by atoms with Gasteiger partial charge in [-0.05, 0) is 17.7 Å². The topological polar surface area (TPSA) is 81.0 Å². The van der Waals surface area contributed by atoms with Gasteiger partial charge in [0.05, 0.1) is 6.54 Å². The zero-order chi connectivity index (χ0) is 19.2. The fraction of sp³-hybridized carbons (Fsp3) is 0.211. The second kappa shape index (κ2) is 8.31. The summed E-state index contributed by atoms with van der Waals surface area (Å²) in [4.78, 5) is 24.1.